The molecule has 2 aliphatic rings. The van der Waals surface area contributed by atoms with E-state index in [2.05, 4.69) is 10.4 Å². The molecule has 1 unspecified atom stereocenters. The number of ketones is 1. The van der Waals surface area contributed by atoms with Gasteiger partial charge in [0.2, 0.25) is 0 Å². The number of hydrogen-bond acceptors (Lipinski definition) is 5. The molecular formula is C24H26ClN5O3. The average molecular weight is 468 g/mol. The van der Waals surface area contributed by atoms with Crippen LogP contribution in [0.5, 0.6) is 0 Å². The lowest BCUT2D eigenvalue weighted by Gasteiger charge is -2.22. The number of para-hydroxylation sites is 1. The molecule has 8 nitrogen and oxygen atoms in total. The number of carbonyl (C=O) groups is 3. The highest BCUT2D eigenvalue weighted by atomic mass is 35.5. The van der Waals surface area contributed by atoms with E-state index >= 15 is 0 Å². The van der Waals surface area contributed by atoms with E-state index in [4.69, 9.17) is 11.6 Å². The summed E-state index contributed by atoms with van der Waals surface area (Å²) in [6.45, 7) is 3.41. The van der Waals surface area contributed by atoms with Crippen LogP contribution in [-0.2, 0) is 9.59 Å². The second kappa shape index (κ2) is 10.0. The molecule has 0 aliphatic carbocycles. The van der Waals surface area contributed by atoms with Gasteiger partial charge in [-0.15, -0.1) is 0 Å². The highest BCUT2D eigenvalue weighted by Gasteiger charge is 2.36. The van der Waals surface area contributed by atoms with E-state index in [1.165, 1.54) is 6.92 Å². The average Bonchev–Trinajstić information content (AvgIpc) is 3.12. The van der Waals surface area contributed by atoms with E-state index in [9.17, 15) is 14.4 Å². The van der Waals surface area contributed by atoms with E-state index in [-0.39, 0.29) is 24.1 Å². The number of urea groups is 1. The van der Waals surface area contributed by atoms with Crippen LogP contribution in [-0.4, -0.2) is 65.5 Å². The van der Waals surface area contributed by atoms with Crippen molar-refractivity contribution in [1.29, 1.82) is 0 Å². The zero-order chi connectivity index (χ0) is 23.4. The van der Waals surface area contributed by atoms with Crippen LogP contribution < -0.4 is 10.3 Å². The summed E-state index contributed by atoms with van der Waals surface area (Å²) >= 11 is 5.90. The molecule has 0 bridgehead atoms. The number of nitrogens with one attached hydrogen (secondary N) is 1. The first-order chi connectivity index (χ1) is 15.9. The second-order valence-corrected chi connectivity index (χ2v) is 8.56. The van der Waals surface area contributed by atoms with Crippen LogP contribution in [0.4, 0.5) is 16.2 Å². The van der Waals surface area contributed by atoms with Gasteiger partial charge in [0, 0.05) is 43.3 Å². The molecule has 2 aromatic rings. The SMILES string of the molecule is CC(=O)C1CC(C(=O)N2CCCN(C(=O)Nc3ccc(Cl)cc3)CC2)=NN1c1ccccc1. The highest BCUT2D eigenvalue weighted by molar-refractivity contribution is 6.40. The minimum atomic E-state index is -0.486. The van der Waals surface area contributed by atoms with E-state index < -0.39 is 6.04 Å². The molecule has 1 N–H and O–H groups in total. The molecule has 2 aromatic carbocycles. The summed E-state index contributed by atoms with van der Waals surface area (Å²) in [5.74, 6) is -0.217. The summed E-state index contributed by atoms with van der Waals surface area (Å²) in [5.41, 5.74) is 1.82. The van der Waals surface area contributed by atoms with Crippen molar-refractivity contribution in [3.05, 3.63) is 59.6 Å². The Morgan fingerprint density at radius 3 is 2.30 bits per heavy atom. The third kappa shape index (κ3) is 5.34. The predicted molar refractivity (Wildman–Crippen MR) is 129 cm³/mol. The summed E-state index contributed by atoms with van der Waals surface area (Å²) < 4.78 is 0. The lowest BCUT2D eigenvalue weighted by molar-refractivity contribution is -0.124. The number of carbonyl (C=O) groups excluding carboxylic acids is 3. The standard InChI is InChI=1S/C24H26ClN5O3/c1-17(31)22-16-21(27-30(22)20-6-3-2-4-7-20)23(32)28-12-5-13-29(15-14-28)24(33)26-19-10-8-18(25)9-11-19/h2-4,6-11,22H,5,12-16H2,1H3,(H,26,33). The molecule has 4 rings (SSSR count). The molecule has 3 amide bonds. The molecule has 0 radical (unpaired) electrons. The smallest absolute Gasteiger partial charge is 0.321 e. The Morgan fingerprint density at radius 2 is 1.61 bits per heavy atom. The first-order valence-corrected chi connectivity index (χ1v) is 11.3. The van der Waals surface area contributed by atoms with Gasteiger partial charge in [-0.05, 0) is 49.7 Å². The monoisotopic (exact) mass is 467 g/mol. The van der Waals surface area contributed by atoms with Crippen molar-refractivity contribution in [2.45, 2.75) is 25.8 Å². The third-order valence-corrected chi connectivity index (χ3v) is 6.07. The molecule has 0 spiro atoms. The van der Waals surface area contributed by atoms with Crippen LogP contribution in [0.25, 0.3) is 0 Å². The molecular weight excluding hydrogens is 442 g/mol. The Balaban J connectivity index is 1.40. The van der Waals surface area contributed by atoms with Crippen LogP contribution in [0.3, 0.4) is 0 Å². The maximum absolute atomic E-state index is 13.2. The highest BCUT2D eigenvalue weighted by Crippen LogP contribution is 2.26. The number of hydrogen-bond donors (Lipinski definition) is 1. The fraction of sp³-hybridized carbons (Fsp3) is 0.333. The lowest BCUT2D eigenvalue weighted by Crippen LogP contribution is -2.41. The number of Topliss-reactive ketones (excluding diaryl/α,β-unsaturated/α-hetero) is 1. The Hall–Kier alpha value is -3.39. The zero-order valence-corrected chi connectivity index (χ0v) is 19.2. The molecule has 2 heterocycles. The predicted octanol–water partition coefficient (Wildman–Crippen LogP) is 3.63. The minimum absolute atomic E-state index is 0.0358. The Kier molecular flexibility index (Phi) is 6.93. The van der Waals surface area contributed by atoms with Gasteiger partial charge in [-0.1, -0.05) is 29.8 Å². The number of benzene rings is 2. The van der Waals surface area contributed by atoms with Crippen LogP contribution in [0.2, 0.25) is 5.02 Å². The Bertz CT molecular complexity index is 1060. The van der Waals surface area contributed by atoms with Gasteiger partial charge >= 0.3 is 6.03 Å². The van der Waals surface area contributed by atoms with Crippen molar-refractivity contribution in [2.75, 3.05) is 36.5 Å². The number of anilines is 2. The van der Waals surface area contributed by atoms with Gasteiger partial charge in [-0.25, -0.2) is 4.79 Å². The van der Waals surface area contributed by atoms with Crippen molar-refractivity contribution in [2.24, 2.45) is 5.10 Å². The molecule has 1 saturated heterocycles. The number of halogens is 1. The van der Waals surface area contributed by atoms with Crippen molar-refractivity contribution < 1.29 is 14.4 Å². The van der Waals surface area contributed by atoms with Crippen molar-refractivity contribution in [3.8, 4) is 0 Å². The number of nitrogens with zero attached hydrogens (tertiary/aromatic N) is 4. The minimum Gasteiger partial charge on any atom is -0.336 e. The van der Waals surface area contributed by atoms with Crippen molar-refractivity contribution in [1.82, 2.24) is 9.80 Å². The van der Waals surface area contributed by atoms with Gasteiger partial charge in [0.05, 0.1) is 5.69 Å². The Labute approximate surface area is 197 Å². The first-order valence-electron chi connectivity index (χ1n) is 11.0. The summed E-state index contributed by atoms with van der Waals surface area (Å²) in [6.07, 6.45) is 0.936. The normalized spacial score (nSPS) is 18.5. The zero-order valence-electron chi connectivity index (χ0n) is 18.4. The van der Waals surface area contributed by atoms with Crippen LogP contribution in [0.1, 0.15) is 19.8 Å². The van der Waals surface area contributed by atoms with Gasteiger partial charge in [0.1, 0.15) is 11.8 Å². The third-order valence-electron chi connectivity index (χ3n) is 5.81. The molecule has 33 heavy (non-hydrogen) atoms. The number of rotatable bonds is 4. The molecule has 1 atom stereocenters. The molecule has 9 heteroatoms. The van der Waals surface area contributed by atoms with E-state index in [1.807, 2.05) is 30.3 Å². The van der Waals surface area contributed by atoms with Crippen molar-refractivity contribution in [3.63, 3.8) is 0 Å². The van der Waals surface area contributed by atoms with E-state index in [1.54, 1.807) is 39.1 Å². The summed E-state index contributed by atoms with van der Waals surface area (Å²) in [7, 11) is 0. The van der Waals surface area contributed by atoms with Gasteiger partial charge in [-0.3, -0.25) is 14.6 Å². The molecule has 0 saturated carbocycles. The van der Waals surface area contributed by atoms with Gasteiger partial charge in [0.15, 0.2) is 5.78 Å². The first kappa shape index (κ1) is 22.8. The fourth-order valence-corrected chi connectivity index (χ4v) is 4.14. The van der Waals surface area contributed by atoms with E-state index in [0.29, 0.717) is 49.0 Å². The number of hydrazone groups is 1. The number of amides is 3. The van der Waals surface area contributed by atoms with Gasteiger partial charge in [0.25, 0.3) is 5.91 Å². The topological polar surface area (TPSA) is 85.3 Å². The molecule has 2 aliphatic heterocycles. The maximum atomic E-state index is 13.2. The molecule has 1 fully saturated rings. The summed E-state index contributed by atoms with van der Waals surface area (Å²) in [4.78, 5) is 41.5. The van der Waals surface area contributed by atoms with Gasteiger partial charge < -0.3 is 15.1 Å². The van der Waals surface area contributed by atoms with E-state index in [0.717, 1.165) is 5.69 Å². The largest absolute Gasteiger partial charge is 0.336 e. The lowest BCUT2D eigenvalue weighted by atomic mass is 10.1. The van der Waals surface area contributed by atoms with Crippen molar-refractivity contribution >= 4 is 46.4 Å². The second-order valence-electron chi connectivity index (χ2n) is 8.13. The summed E-state index contributed by atoms with van der Waals surface area (Å²) in [6, 6.07) is 15.6. The van der Waals surface area contributed by atoms with Gasteiger partial charge in [-0.2, -0.15) is 5.10 Å². The Morgan fingerprint density at radius 1 is 0.939 bits per heavy atom. The maximum Gasteiger partial charge on any atom is 0.321 e. The van der Waals surface area contributed by atoms with Crippen LogP contribution >= 0.6 is 11.6 Å². The summed E-state index contributed by atoms with van der Waals surface area (Å²) in [5, 5.41) is 9.62. The fourth-order valence-electron chi connectivity index (χ4n) is 4.02. The van der Waals surface area contributed by atoms with Crippen LogP contribution in [0.15, 0.2) is 59.7 Å². The van der Waals surface area contributed by atoms with Crippen LogP contribution in [0, 0.1) is 0 Å². The molecule has 172 valence electrons. The molecule has 0 aromatic heterocycles. The quantitative estimate of drug-likeness (QED) is 0.744.